The first-order valence-electron chi connectivity index (χ1n) is 33.5. The Labute approximate surface area is 638 Å². The molecule has 0 aliphatic heterocycles. The SMILES string of the molecule is C=C(C)C(=O)OC[Si](C)(C)O[Si](C)(C)C.C=C(C)C(=O)OC[Si](C)(C)O[Si](C)(C)C.C=C(C)C(=O)OC[Si](C)(C)O[Si](C)(C)C.C=C(C)C(=O)OC[Si](OC)(OC)OC.C=C(C)C(=O)OC[Si](O[Si](C)(C)C)(O[Si](C)(C)O[Si](C)(C)C)O[Si](C)(C)O[Si](C)(C)C.C=CC(=O)OC[Si](OC)(OC)OC. The predicted octanol–water partition coefficient (Wildman–Crippen LogP) is 14.3. The lowest BCUT2D eigenvalue weighted by atomic mass is 10.4. The Kier molecular flexibility index (Phi) is 52.5. The van der Waals surface area contributed by atoms with Crippen molar-refractivity contribution in [3.05, 3.63) is 73.4 Å². The highest BCUT2D eigenvalue weighted by atomic mass is 28.5. The van der Waals surface area contributed by atoms with Gasteiger partial charge in [0, 0.05) is 76.6 Å². The fourth-order valence-electron chi connectivity index (χ4n) is 8.17. The zero-order valence-electron chi connectivity index (χ0n) is 71.2. The number of ether oxygens (including phenoxy) is 6. The molecule has 0 radical (unpaired) electrons. The van der Waals surface area contributed by atoms with Gasteiger partial charge in [-0.05, 0) is 218 Å². The summed E-state index contributed by atoms with van der Waals surface area (Å²) in [6, 6.07) is 0. The molecule has 0 aliphatic carbocycles. The van der Waals surface area contributed by atoms with Crippen molar-refractivity contribution >= 4 is 154 Å². The summed E-state index contributed by atoms with van der Waals surface area (Å²) in [7, 11) is -21.9. The van der Waals surface area contributed by atoms with E-state index in [2.05, 4.69) is 197 Å². The molecule has 0 unspecified atom stereocenters. The van der Waals surface area contributed by atoms with E-state index in [1.54, 1.807) is 34.6 Å². The summed E-state index contributed by atoms with van der Waals surface area (Å²) in [5.41, 5.74) is 1.96. The molecule has 0 saturated carbocycles. The molecule has 0 saturated heterocycles. The van der Waals surface area contributed by atoms with Gasteiger partial charge in [0.05, 0.1) is 0 Å². The van der Waals surface area contributed by atoms with E-state index in [1.165, 1.54) is 42.7 Å². The van der Waals surface area contributed by atoms with Gasteiger partial charge in [-0.15, -0.1) is 0 Å². The van der Waals surface area contributed by atoms with Crippen LogP contribution < -0.4 is 0 Å². The lowest BCUT2D eigenvalue weighted by molar-refractivity contribution is -0.139. The molecule has 0 bridgehead atoms. The second-order valence-electron chi connectivity index (χ2n) is 32.4. The molecule has 0 aliphatic rings. The Morgan fingerprint density at radius 3 is 0.592 bits per heavy atom. The molecule has 0 aromatic rings. The summed E-state index contributed by atoms with van der Waals surface area (Å²) >= 11 is 0. The fraction of sp³-hybridized carbons (Fsp3) is 0.714. The first-order valence-corrected chi connectivity index (χ1v) is 74.7. The number of esters is 6. The molecule has 0 heterocycles. The molecule has 40 heteroatoms. The van der Waals surface area contributed by atoms with E-state index in [0.29, 0.717) is 46.6 Å². The second kappa shape index (κ2) is 48.4. The van der Waals surface area contributed by atoms with E-state index in [0.717, 1.165) is 6.08 Å². The minimum absolute atomic E-state index is 0.0117. The highest BCUT2D eigenvalue weighted by molar-refractivity contribution is 6.92. The van der Waals surface area contributed by atoms with Crippen LogP contribution in [-0.2, 0) is 117 Å². The molecular weight excluding hydrogens is 1570 g/mol. The number of hydrogen-bond donors (Lipinski definition) is 0. The van der Waals surface area contributed by atoms with Gasteiger partial charge in [0.2, 0.25) is 25.0 Å². The van der Waals surface area contributed by atoms with Crippen LogP contribution in [0.4, 0.5) is 0 Å². The maximum Gasteiger partial charge on any atom is 0.539 e. The highest BCUT2D eigenvalue weighted by Crippen LogP contribution is 2.30. The standard InChI is InChI=1S/C18H46O7Si6.3C10H22O3Si2.C8H16O5Si.C7H14O5Si/c1-17(2)18(19)20-16-31(23-28(9,10)11,24-29(12,13)21-26(3,4)5)25-30(14,15)22-27(6,7)8;3*1-9(2)10(11)12-8-15(6,7)13-14(3,4)5;1-7(2)8(9)13-6-14(10-3,11-4)12-5;1-5-7(8)12-6-13(9-2,10-3)11-4/h1,16H2,2-15H3;3*1,8H2,2-7H3;1,6H2,2-5H3;5H,1,6H2,2-4H3. The molecule has 0 aromatic heterocycles. The smallest absolute Gasteiger partial charge is 0.463 e. The molecule has 0 fully saturated rings. The third-order valence-corrected chi connectivity index (χ3v) is 51.4. The predicted molar refractivity (Wildman–Crippen MR) is 446 cm³/mol. The van der Waals surface area contributed by atoms with Crippen molar-refractivity contribution in [2.75, 3.05) is 80.0 Å². The van der Waals surface area contributed by atoms with Crippen LogP contribution in [0.3, 0.4) is 0 Å². The maximum atomic E-state index is 12.3. The Morgan fingerprint density at radius 1 is 0.252 bits per heavy atom. The van der Waals surface area contributed by atoms with Crippen molar-refractivity contribution in [3.8, 4) is 0 Å². The fourth-order valence-corrected chi connectivity index (χ4v) is 57.8. The summed E-state index contributed by atoms with van der Waals surface area (Å²) in [5.74, 6) is -2.46. The first kappa shape index (κ1) is 112. The Morgan fingerprint density at radius 2 is 0.427 bits per heavy atom. The number of carbonyl (C=O) groups excluding carboxylic acids is 6. The first-order chi connectivity index (χ1) is 45.6. The van der Waals surface area contributed by atoms with Crippen molar-refractivity contribution in [3.63, 3.8) is 0 Å². The van der Waals surface area contributed by atoms with Crippen molar-refractivity contribution in [2.45, 2.75) is 218 Å². The molecule has 0 rings (SSSR count). The molecule has 26 nitrogen and oxygen atoms in total. The summed E-state index contributed by atoms with van der Waals surface area (Å²) in [5, 5.41) is 0. The third-order valence-electron chi connectivity index (χ3n) is 10.7. The van der Waals surface area contributed by atoms with Crippen LogP contribution in [0.5, 0.6) is 0 Å². The van der Waals surface area contributed by atoms with Gasteiger partial charge < -0.3 is 87.9 Å². The van der Waals surface area contributed by atoms with Gasteiger partial charge in [-0.2, -0.15) is 0 Å². The largest absolute Gasteiger partial charge is 0.539 e. The van der Waals surface area contributed by atoms with Crippen LogP contribution in [0.2, 0.25) is 183 Å². The maximum absolute atomic E-state index is 12.3. The number of hydrogen-bond acceptors (Lipinski definition) is 26. The zero-order chi connectivity index (χ0) is 83.4. The van der Waals surface area contributed by atoms with E-state index in [-0.39, 0.29) is 36.6 Å². The van der Waals surface area contributed by atoms with Crippen LogP contribution in [0, 0.1) is 0 Å². The minimum atomic E-state index is -3.51. The molecule has 0 aromatic carbocycles. The molecule has 0 spiro atoms. The Hall–Kier alpha value is -2.26. The van der Waals surface area contributed by atoms with Gasteiger partial charge in [0.25, 0.3) is 0 Å². The minimum Gasteiger partial charge on any atom is -0.463 e. The second-order valence-corrected chi connectivity index (χ2v) is 88.8. The van der Waals surface area contributed by atoms with E-state index in [1.807, 2.05) is 26.2 Å². The highest BCUT2D eigenvalue weighted by Gasteiger charge is 2.56. The lowest BCUT2D eigenvalue weighted by Gasteiger charge is -2.45. The van der Waals surface area contributed by atoms with Gasteiger partial charge in [0.1, 0.15) is 18.7 Å². The Bertz CT molecular complexity index is 2500. The van der Waals surface area contributed by atoms with Crippen molar-refractivity contribution in [1.82, 2.24) is 0 Å². The van der Waals surface area contributed by atoms with E-state index in [9.17, 15) is 28.8 Å². The van der Waals surface area contributed by atoms with Gasteiger partial charge in [0.15, 0.2) is 68.6 Å². The van der Waals surface area contributed by atoms with E-state index in [4.69, 9.17) is 87.9 Å². The topological polar surface area (TPSA) is 287 Å². The van der Waals surface area contributed by atoms with Gasteiger partial charge in [-0.3, -0.25) is 0 Å². The average molecular weight is 1710 g/mol. The van der Waals surface area contributed by atoms with Crippen LogP contribution in [0.15, 0.2) is 73.4 Å². The number of rotatable bonds is 40. The third kappa shape index (κ3) is 64.3. The summed E-state index contributed by atoms with van der Waals surface area (Å²) < 4.78 is 112. The molecule has 103 heavy (non-hydrogen) atoms. The van der Waals surface area contributed by atoms with Gasteiger partial charge in [-0.1, -0.05) is 39.5 Å². The van der Waals surface area contributed by atoms with E-state index < -0.39 is 136 Å². The number of carbonyl (C=O) groups is 6. The summed E-state index contributed by atoms with van der Waals surface area (Å²) in [6.45, 7) is 87.8. The van der Waals surface area contributed by atoms with Crippen molar-refractivity contribution in [1.29, 1.82) is 0 Å². The average Bonchev–Trinajstić information content (AvgIpc) is 0.785. The monoisotopic (exact) mass is 1710 g/mol. The van der Waals surface area contributed by atoms with Crippen LogP contribution >= 0.6 is 0 Å². The van der Waals surface area contributed by atoms with Crippen LogP contribution in [0.1, 0.15) is 34.6 Å². The summed E-state index contributed by atoms with van der Waals surface area (Å²) in [6.07, 6.45) is 2.18. The quantitative estimate of drug-likeness (QED) is 0.0238. The summed E-state index contributed by atoms with van der Waals surface area (Å²) in [4.78, 5) is 67.7. The lowest BCUT2D eigenvalue weighted by Crippen LogP contribution is -2.67. The molecule has 0 atom stereocenters. The molecule has 606 valence electrons. The van der Waals surface area contributed by atoms with E-state index >= 15 is 0 Å². The zero-order valence-corrected chi connectivity index (χ0v) is 85.2. The van der Waals surface area contributed by atoms with Gasteiger partial charge >= 0.3 is 79.4 Å². The molecule has 0 amide bonds. The van der Waals surface area contributed by atoms with Gasteiger partial charge in [-0.25, -0.2) is 28.8 Å². The Balaban J connectivity index is -0.000000285. The van der Waals surface area contributed by atoms with Crippen LogP contribution in [-0.4, -0.2) is 234 Å². The van der Waals surface area contributed by atoms with Crippen molar-refractivity contribution in [2.24, 2.45) is 0 Å². The van der Waals surface area contributed by atoms with Crippen LogP contribution in [0.25, 0.3) is 0 Å². The van der Waals surface area contributed by atoms with Crippen molar-refractivity contribution < 1.29 is 117 Å². The molecular formula is C63H142O26Si14. The normalized spacial score (nSPS) is 12.7. The molecule has 0 N–H and O–H groups in total.